The number of carbonyl (C=O) groups is 1. The maximum atomic E-state index is 10.4. The van der Waals surface area contributed by atoms with Gasteiger partial charge < -0.3 is 5.73 Å². The third-order valence-corrected chi connectivity index (χ3v) is 1.61. The van der Waals surface area contributed by atoms with Crippen LogP contribution in [0.3, 0.4) is 0 Å². The van der Waals surface area contributed by atoms with Crippen LogP contribution in [0.2, 0.25) is 0 Å². The molecule has 0 aliphatic carbocycles. The van der Waals surface area contributed by atoms with Crippen LogP contribution in [0.15, 0.2) is 0 Å². The third kappa shape index (κ3) is 2.72. The van der Waals surface area contributed by atoms with Gasteiger partial charge in [-0.1, -0.05) is 8.58 Å². The van der Waals surface area contributed by atoms with Crippen LogP contribution in [0.1, 0.15) is 6.92 Å². The second-order valence-electron chi connectivity index (χ2n) is 1.40. The van der Waals surface area contributed by atoms with E-state index in [0.29, 0.717) is 8.58 Å². The molecule has 42 valence electrons. The van der Waals surface area contributed by atoms with Crippen molar-refractivity contribution in [2.24, 2.45) is 5.73 Å². The van der Waals surface area contributed by atoms with E-state index in [0.717, 1.165) is 0 Å². The Labute approximate surface area is 45.3 Å². The predicted molar refractivity (Wildman–Crippen MR) is 32.9 cm³/mol. The highest BCUT2D eigenvalue weighted by Gasteiger charge is 2.01. The standard InChI is InChI=1S/C4H10NOP/c1-3(5)4(6)7-2/h3,7H,5H2,1-2H3/t3-/m0/s1. The Balaban J connectivity index is 3.35. The zero-order valence-corrected chi connectivity index (χ0v) is 5.56. The molecule has 0 aromatic heterocycles. The van der Waals surface area contributed by atoms with Crippen molar-refractivity contribution in [1.29, 1.82) is 0 Å². The molecule has 2 atom stereocenters. The number of hydrogen-bond acceptors (Lipinski definition) is 2. The molecule has 0 aliphatic heterocycles. The van der Waals surface area contributed by atoms with Gasteiger partial charge in [-0.15, -0.1) is 0 Å². The molecule has 0 saturated carbocycles. The lowest BCUT2D eigenvalue weighted by Gasteiger charge is -1.96. The number of hydrogen-bond donors (Lipinski definition) is 1. The fraction of sp³-hybridized carbons (Fsp3) is 0.750. The monoisotopic (exact) mass is 119 g/mol. The van der Waals surface area contributed by atoms with Gasteiger partial charge in [0.25, 0.3) is 0 Å². The summed E-state index contributed by atoms with van der Waals surface area (Å²) in [5, 5.41) is 0. The van der Waals surface area contributed by atoms with Crippen molar-refractivity contribution in [2.75, 3.05) is 6.66 Å². The average Bonchev–Trinajstić information content (AvgIpc) is 1.65. The highest BCUT2D eigenvalue weighted by Crippen LogP contribution is 2.04. The van der Waals surface area contributed by atoms with Gasteiger partial charge in [0, 0.05) is 0 Å². The van der Waals surface area contributed by atoms with E-state index in [4.69, 9.17) is 5.73 Å². The second kappa shape index (κ2) is 3.11. The normalized spacial score (nSPS) is 15.3. The van der Waals surface area contributed by atoms with Crippen LogP contribution >= 0.6 is 8.58 Å². The molecule has 0 aliphatic rings. The van der Waals surface area contributed by atoms with E-state index in [2.05, 4.69) is 0 Å². The van der Waals surface area contributed by atoms with E-state index in [1.54, 1.807) is 6.92 Å². The summed E-state index contributed by atoms with van der Waals surface area (Å²) in [4.78, 5) is 10.4. The van der Waals surface area contributed by atoms with Gasteiger partial charge in [-0.05, 0) is 13.6 Å². The zero-order chi connectivity index (χ0) is 5.86. The molecular formula is C4H10NOP. The first kappa shape index (κ1) is 7.06. The first-order valence-corrected chi connectivity index (χ1v) is 3.65. The topological polar surface area (TPSA) is 43.1 Å². The molecule has 0 rings (SSSR count). The molecule has 7 heavy (non-hydrogen) atoms. The summed E-state index contributed by atoms with van der Waals surface area (Å²) in [6.45, 7) is 3.55. The van der Waals surface area contributed by atoms with Gasteiger partial charge in [-0.25, -0.2) is 0 Å². The SMILES string of the molecule is CPC(=O)[C@H](C)N. The fourth-order valence-corrected chi connectivity index (χ4v) is 0.683. The number of rotatable bonds is 2. The Kier molecular flexibility index (Phi) is 3.14. The second-order valence-corrected chi connectivity index (χ2v) is 2.40. The highest BCUT2D eigenvalue weighted by atomic mass is 31.1. The summed E-state index contributed by atoms with van der Waals surface area (Å²) in [7, 11) is 0.348. The Bertz CT molecular complexity index is 72.1. The fourth-order valence-electron chi connectivity index (χ4n) is 0.228. The van der Waals surface area contributed by atoms with E-state index >= 15 is 0 Å². The van der Waals surface area contributed by atoms with Crippen LogP contribution in [-0.2, 0) is 4.79 Å². The lowest BCUT2D eigenvalue weighted by atomic mass is 10.4. The molecule has 0 aromatic rings. The predicted octanol–water partition coefficient (Wildman–Crippen LogP) is 0.168. The van der Waals surface area contributed by atoms with Gasteiger partial charge in [0.1, 0.15) is 0 Å². The van der Waals surface area contributed by atoms with Gasteiger partial charge >= 0.3 is 0 Å². The van der Waals surface area contributed by atoms with Gasteiger partial charge in [0.05, 0.1) is 6.04 Å². The molecule has 0 bridgehead atoms. The van der Waals surface area contributed by atoms with E-state index in [-0.39, 0.29) is 11.6 Å². The van der Waals surface area contributed by atoms with Crippen LogP contribution < -0.4 is 5.73 Å². The molecule has 0 spiro atoms. The van der Waals surface area contributed by atoms with Crippen molar-refractivity contribution in [2.45, 2.75) is 13.0 Å². The minimum absolute atomic E-state index is 0.153. The molecule has 0 aromatic carbocycles. The van der Waals surface area contributed by atoms with Crippen LogP contribution in [-0.4, -0.2) is 18.2 Å². The van der Waals surface area contributed by atoms with E-state index in [1.165, 1.54) is 0 Å². The Morgan fingerprint density at radius 3 is 2.29 bits per heavy atom. The third-order valence-electron chi connectivity index (χ3n) is 0.660. The van der Waals surface area contributed by atoms with E-state index in [9.17, 15) is 4.79 Å². The van der Waals surface area contributed by atoms with Crippen LogP contribution in [0.4, 0.5) is 0 Å². The van der Waals surface area contributed by atoms with Gasteiger partial charge in [0.15, 0.2) is 5.52 Å². The number of carbonyl (C=O) groups excluding carboxylic acids is 1. The van der Waals surface area contributed by atoms with Crippen molar-refractivity contribution in [3.8, 4) is 0 Å². The zero-order valence-electron chi connectivity index (χ0n) is 4.56. The molecule has 0 fully saturated rings. The summed E-state index contributed by atoms with van der Waals surface area (Å²) in [6.07, 6.45) is 0. The largest absolute Gasteiger partial charge is 0.321 e. The summed E-state index contributed by atoms with van der Waals surface area (Å²) < 4.78 is 0. The molecular weight excluding hydrogens is 109 g/mol. The summed E-state index contributed by atoms with van der Waals surface area (Å²) in [5.41, 5.74) is 5.36. The first-order valence-electron chi connectivity index (χ1n) is 2.15. The van der Waals surface area contributed by atoms with E-state index < -0.39 is 0 Å². The Morgan fingerprint density at radius 1 is 1.86 bits per heavy atom. The molecule has 2 nitrogen and oxygen atoms in total. The summed E-state index contributed by atoms with van der Waals surface area (Å²) in [5.74, 6) is 0. The van der Waals surface area contributed by atoms with Crippen molar-refractivity contribution in [3.05, 3.63) is 0 Å². The summed E-state index contributed by atoms with van der Waals surface area (Å²) >= 11 is 0. The van der Waals surface area contributed by atoms with Gasteiger partial charge in [0.2, 0.25) is 0 Å². The Hall–Kier alpha value is 0.0600. The molecule has 0 saturated heterocycles. The molecule has 2 N–H and O–H groups in total. The van der Waals surface area contributed by atoms with Crippen molar-refractivity contribution < 1.29 is 4.79 Å². The van der Waals surface area contributed by atoms with Gasteiger partial charge in [-0.3, -0.25) is 4.79 Å². The molecule has 1 unspecified atom stereocenters. The molecule has 0 amide bonds. The van der Waals surface area contributed by atoms with E-state index in [1.807, 2.05) is 6.66 Å². The van der Waals surface area contributed by atoms with Gasteiger partial charge in [-0.2, -0.15) is 0 Å². The lowest BCUT2D eigenvalue weighted by Crippen LogP contribution is -2.22. The van der Waals surface area contributed by atoms with Crippen molar-refractivity contribution in [3.63, 3.8) is 0 Å². The van der Waals surface area contributed by atoms with Crippen LogP contribution in [0.25, 0.3) is 0 Å². The Morgan fingerprint density at radius 2 is 2.29 bits per heavy atom. The molecule has 0 radical (unpaired) electrons. The quantitative estimate of drug-likeness (QED) is 0.526. The molecule has 0 heterocycles. The maximum Gasteiger partial charge on any atom is 0.167 e. The minimum Gasteiger partial charge on any atom is -0.321 e. The number of nitrogens with two attached hydrogens (primary N) is 1. The average molecular weight is 119 g/mol. The van der Waals surface area contributed by atoms with Crippen LogP contribution in [0, 0.1) is 0 Å². The maximum absolute atomic E-state index is 10.4. The lowest BCUT2D eigenvalue weighted by molar-refractivity contribution is -0.112. The molecule has 3 heteroatoms. The van der Waals surface area contributed by atoms with Crippen molar-refractivity contribution >= 4 is 14.1 Å². The highest BCUT2D eigenvalue weighted by molar-refractivity contribution is 7.57. The minimum atomic E-state index is -0.261. The van der Waals surface area contributed by atoms with Crippen LogP contribution in [0.5, 0.6) is 0 Å². The first-order chi connectivity index (χ1) is 3.18. The summed E-state index contributed by atoms with van der Waals surface area (Å²) in [6, 6.07) is -0.261. The smallest absolute Gasteiger partial charge is 0.167 e. The van der Waals surface area contributed by atoms with Crippen molar-refractivity contribution in [1.82, 2.24) is 0 Å².